The van der Waals surface area contributed by atoms with E-state index in [0.29, 0.717) is 5.02 Å². The maximum atomic E-state index is 12.5. The SMILES string of the molecule is CSCCN1C(=O)C(C(C)C)NC1c1cccc(Cl)c1. The molecule has 1 saturated heterocycles. The van der Waals surface area contributed by atoms with Gasteiger partial charge < -0.3 is 4.90 Å². The third-order valence-corrected chi connectivity index (χ3v) is 4.39. The van der Waals surface area contributed by atoms with Gasteiger partial charge in [0.15, 0.2) is 0 Å². The second-order valence-corrected chi connectivity index (χ2v) is 6.79. The number of hydrogen-bond donors (Lipinski definition) is 1. The van der Waals surface area contributed by atoms with Gasteiger partial charge in [-0.25, -0.2) is 0 Å². The van der Waals surface area contributed by atoms with Gasteiger partial charge in [-0.15, -0.1) is 0 Å². The number of rotatable bonds is 5. The van der Waals surface area contributed by atoms with Crippen molar-refractivity contribution in [2.24, 2.45) is 5.92 Å². The molecule has 0 radical (unpaired) electrons. The summed E-state index contributed by atoms with van der Waals surface area (Å²) in [6, 6.07) is 7.63. The number of nitrogens with one attached hydrogen (secondary N) is 1. The van der Waals surface area contributed by atoms with Gasteiger partial charge in [0.1, 0.15) is 6.17 Å². The molecular weight excluding hydrogens is 292 g/mol. The number of carbonyl (C=O) groups excluding carboxylic acids is 1. The molecule has 2 unspecified atom stereocenters. The highest BCUT2D eigenvalue weighted by Gasteiger charge is 2.40. The zero-order valence-corrected chi connectivity index (χ0v) is 13.7. The molecule has 1 amide bonds. The predicted molar refractivity (Wildman–Crippen MR) is 86.0 cm³/mol. The van der Waals surface area contributed by atoms with Gasteiger partial charge in [0.25, 0.3) is 0 Å². The van der Waals surface area contributed by atoms with Crippen molar-refractivity contribution in [3.8, 4) is 0 Å². The van der Waals surface area contributed by atoms with Crippen molar-refractivity contribution in [2.45, 2.75) is 26.1 Å². The van der Waals surface area contributed by atoms with Crippen molar-refractivity contribution < 1.29 is 4.79 Å². The van der Waals surface area contributed by atoms with Crippen LogP contribution in [0.25, 0.3) is 0 Å². The van der Waals surface area contributed by atoms with E-state index in [1.807, 2.05) is 29.2 Å². The van der Waals surface area contributed by atoms with Gasteiger partial charge in [0.05, 0.1) is 6.04 Å². The summed E-state index contributed by atoms with van der Waals surface area (Å²) < 4.78 is 0. The topological polar surface area (TPSA) is 32.3 Å². The van der Waals surface area contributed by atoms with E-state index in [4.69, 9.17) is 11.6 Å². The van der Waals surface area contributed by atoms with Gasteiger partial charge in [-0.05, 0) is 29.9 Å². The van der Waals surface area contributed by atoms with Crippen LogP contribution in [0.15, 0.2) is 24.3 Å². The second-order valence-electron chi connectivity index (χ2n) is 5.37. The second kappa shape index (κ2) is 6.83. The van der Waals surface area contributed by atoms with Crippen LogP contribution in [0.5, 0.6) is 0 Å². The van der Waals surface area contributed by atoms with Crippen LogP contribution in [0.1, 0.15) is 25.6 Å². The summed E-state index contributed by atoms with van der Waals surface area (Å²) in [5.41, 5.74) is 1.05. The summed E-state index contributed by atoms with van der Waals surface area (Å²) in [6.45, 7) is 4.90. The van der Waals surface area contributed by atoms with Gasteiger partial charge in [-0.3, -0.25) is 10.1 Å². The lowest BCUT2D eigenvalue weighted by molar-refractivity contribution is -0.130. The summed E-state index contributed by atoms with van der Waals surface area (Å²) in [6.07, 6.45) is 1.99. The first-order valence-electron chi connectivity index (χ1n) is 6.85. The maximum absolute atomic E-state index is 12.5. The first-order valence-corrected chi connectivity index (χ1v) is 8.62. The van der Waals surface area contributed by atoms with Crippen LogP contribution < -0.4 is 5.32 Å². The number of thioether (sulfide) groups is 1. The highest BCUT2D eigenvalue weighted by molar-refractivity contribution is 7.98. The van der Waals surface area contributed by atoms with E-state index in [2.05, 4.69) is 25.4 Å². The quantitative estimate of drug-likeness (QED) is 0.906. The number of halogens is 1. The van der Waals surface area contributed by atoms with Crippen LogP contribution in [-0.2, 0) is 4.79 Å². The van der Waals surface area contributed by atoms with Crippen LogP contribution in [0.2, 0.25) is 5.02 Å². The van der Waals surface area contributed by atoms with E-state index in [1.54, 1.807) is 11.8 Å². The lowest BCUT2D eigenvalue weighted by Gasteiger charge is -2.24. The highest BCUT2D eigenvalue weighted by Crippen LogP contribution is 2.29. The van der Waals surface area contributed by atoms with Crippen molar-refractivity contribution >= 4 is 29.3 Å². The Balaban J connectivity index is 2.26. The summed E-state index contributed by atoms with van der Waals surface area (Å²) in [5.74, 6) is 1.41. The molecule has 5 heteroatoms. The molecule has 0 saturated carbocycles. The van der Waals surface area contributed by atoms with E-state index in [1.165, 1.54) is 0 Å². The first-order chi connectivity index (χ1) is 9.54. The lowest BCUT2D eigenvalue weighted by atomic mass is 10.1. The standard InChI is InChI=1S/C15H21ClN2OS/c1-10(2)13-15(19)18(7-8-20-3)14(17-13)11-5-4-6-12(16)9-11/h4-6,9-10,13-14,17H,7-8H2,1-3H3. The molecule has 1 fully saturated rings. The number of carbonyl (C=O) groups is 1. The Bertz CT molecular complexity index is 481. The van der Waals surface area contributed by atoms with Crippen LogP contribution in [0, 0.1) is 5.92 Å². The monoisotopic (exact) mass is 312 g/mol. The molecule has 2 atom stereocenters. The fourth-order valence-electron chi connectivity index (χ4n) is 2.50. The number of amides is 1. The molecule has 20 heavy (non-hydrogen) atoms. The Morgan fingerprint density at radius 1 is 1.45 bits per heavy atom. The zero-order valence-electron chi connectivity index (χ0n) is 12.1. The van der Waals surface area contributed by atoms with Crippen molar-refractivity contribution in [3.63, 3.8) is 0 Å². The fraction of sp³-hybridized carbons (Fsp3) is 0.533. The molecule has 1 aliphatic rings. The largest absolute Gasteiger partial charge is 0.321 e. The van der Waals surface area contributed by atoms with E-state index < -0.39 is 0 Å². The smallest absolute Gasteiger partial charge is 0.241 e. The Labute approximate surface area is 130 Å². The third kappa shape index (κ3) is 3.30. The summed E-state index contributed by atoms with van der Waals surface area (Å²) in [4.78, 5) is 14.5. The van der Waals surface area contributed by atoms with Crippen LogP contribution in [0.4, 0.5) is 0 Å². The highest BCUT2D eigenvalue weighted by atomic mass is 35.5. The van der Waals surface area contributed by atoms with E-state index in [-0.39, 0.29) is 24.0 Å². The van der Waals surface area contributed by atoms with Gasteiger partial charge >= 0.3 is 0 Å². The molecule has 1 N–H and O–H groups in total. The molecule has 0 aliphatic carbocycles. The van der Waals surface area contributed by atoms with Gasteiger partial charge in [-0.1, -0.05) is 37.6 Å². The minimum Gasteiger partial charge on any atom is -0.321 e. The van der Waals surface area contributed by atoms with Gasteiger partial charge in [-0.2, -0.15) is 11.8 Å². The Morgan fingerprint density at radius 3 is 2.80 bits per heavy atom. The Morgan fingerprint density at radius 2 is 2.20 bits per heavy atom. The molecule has 2 rings (SSSR count). The van der Waals surface area contributed by atoms with Crippen LogP contribution in [-0.4, -0.2) is 35.4 Å². The van der Waals surface area contributed by atoms with E-state index >= 15 is 0 Å². The average molecular weight is 313 g/mol. The van der Waals surface area contributed by atoms with E-state index in [9.17, 15) is 4.79 Å². The molecule has 0 bridgehead atoms. The molecule has 1 aromatic carbocycles. The van der Waals surface area contributed by atoms with Crippen LogP contribution >= 0.6 is 23.4 Å². The summed E-state index contributed by atoms with van der Waals surface area (Å²) >= 11 is 7.83. The van der Waals surface area contributed by atoms with Gasteiger partial charge in [0.2, 0.25) is 5.91 Å². The first kappa shape index (κ1) is 15.7. The number of nitrogens with zero attached hydrogens (tertiary/aromatic N) is 1. The van der Waals surface area contributed by atoms with Crippen molar-refractivity contribution in [2.75, 3.05) is 18.6 Å². The number of hydrogen-bond acceptors (Lipinski definition) is 3. The molecular formula is C15H21ClN2OS. The third-order valence-electron chi connectivity index (χ3n) is 3.57. The molecule has 1 aliphatic heterocycles. The minimum absolute atomic E-state index is 0.0688. The lowest BCUT2D eigenvalue weighted by Crippen LogP contribution is -2.35. The zero-order chi connectivity index (χ0) is 14.7. The molecule has 1 aromatic rings. The van der Waals surface area contributed by atoms with Crippen molar-refractivity contribution in [1.82, 2.24) is 10.2 Å². The predicted octanol–water partition coefficient (Wildman–Crippen LogP) is 3.16. The minimum atomic E-state index is -0.110. The summed E-state index contributed by atoms with van der Waals surface area (Å²) in [5, 5.41) is 4.15. The van der Waals surface area contributed by atoms with Crippen molar-refractivity contribution in [3.05, 3.63) is 34.9 Å². The fourth-order valence-corrected chi connectivity index (χ4v) is 3.07. The molecule has 3 nitrogen and oxygen atoms in total. The average Bonchev–Trinajstić information content (AvgIpc) is 2.74. The molecule has 0 aromatic heterocycles. The van der Waals surface area contributed by atoms with Crippen molar-refractivity contribution in [1.29, 1.82) is 0 Å². The van der Waals surface area contributed by atoms with Gasteiger partial charge in [0, 0.05) is 17.3 Å². The normalized spacial score (nSPS) is 22.9. The molecule has 110 valence electrons. The molecule has 1 heterocycles. The Kier molecular flexibility index (Phi) is 5.35. The summed E-state index contributed by atoms with van der Waals surface area (Å²) in [7, 11) is 0. The van der Waals surface area contributed by atoms with E-state index in [0.717, 1.165) is 17.9 Å². The Hall–Kier alpha value is -0.710. The number of benzene rings is 1. The molecule has 0 spiro atoms. The maximum Gasteiger partial charge on any atom is 0.241 e. The van der Waals surface area contributed by atoms with Crippen LogP contribution in [0.3, 0.4) is 0 Å².